The number of benzene rings is 2. The van der Waals surface area contributed by atoms with E-state index in [9.17, 15) is 9.59 Å². The minimum atomic E-state index is -0.212. The average Bonchev–Trinajstić information content (AvgIpc) is 2.61. The second kappa shape index (κ2) is 5.62. The van der Waals surface area contributed by atoms with Crippen molar-refractivity contribution in [2.75, 3.05) is 6.61 Å². The molecule has 1 aliphatic heterocycles. The lowest BCUT2D eigenvalue weighted by Crippen LogP contribution is -2.22. The van der Waals surface area contributed by atoms with E-state index in [-0.39, 0.29) is 17.4 Å². The molecule has 4 rings (SSSR count). The Morgan fingerprint density at radius 3 is 2.75 bits per heavy atom. The Hall–Kier alpha value is -2.92. The fourth-order valence-corrected chi connectivity index (χ4v) is 3.19. The number of hydrogen-bond donors (Lipinski definition) is 2. The molecule has 0 bridgehead atoms. The Balaban J connectivity index is 1.91. The van der Waals surface area contributed by atoms with E-state index >= 15 is 0 Å². The molecule has 5 nitrogen and oxygen atoms in total. The predicted molar refractivity (Wildman–Crippen MR) is 91.5 cm³/mol. The van der Waals surface area contributed by atoms with Crippen molar-refractivity contribution >= 4 is 16.6 Å². The summed E-state index contributed by atoms with van der Waals surface area (Å²) in [6, 6.07) is 12.2. The standard InChI is InChI=1S/C19H16N2O3/c20-16-8-10-24-18-14(16)5-2-6-15(18)17(22)12-3-1-4-13-11(12)7-9-21-19(13)23/h1-7,9,16H,8,10,20H2,(H,21,23). The third kappa shape index (κ3) is 2.21. The molecule has 0 aliphatic carbocycles. The minimum Gasteiger partial charge on any atom is -0.492 e. The molecule has 0 spiro atoms. The Morgan fingerprint density at radius 1 is 1.08 bits per heavy atom. The van der Waals surface area contributed by atoms with Crippen molar-refractivity contribution in [2.45, 2.75) is 12.5 Å². The SMILES string of the molecule is NC1CCOc2c(C(=O)c3cccc4c(=O)[nH]ccc34)cccc21. The number of H-pyrrole nitrogens is 1. The number of hydrogen-bond acceptors (Lipinski definition) is 4. The number of pyridine rings is 1. The summed E-state index contributed by atoms with van der Waals surface area (Å²) in [5.41, 5.74) is 7.73. The van der Waals surface area contributed by atoms with Crippen molar-refractivity contribution < 1.29 is 9.53 Å². The van der Waals surface area contributed by atoms with Gasteiger partial charge in [-0.05, 0) is 23.6 Å². The number of carbonyl (C=O) groups is 1. The molecular weight excluding hydrogens is 304 g/mol. The van der Waals surface area contributed by atoms with Crippen LogP contribution in [-0.4, -0.2) is 17.4 Å². The largest absolute Gasteiger partial charge is 0.492 e. The predicted octanol–water partition coefficient (Wildman–Crippen LogP) is 2.54. The van der Waals surface area contributed by atoms with Crippen LogP contribution in [0.4, 0.5) is 0 Å². The summed E-state index contributed by atoms with van der Waals surface area (Å²) >= 11 is 0. The van der Waals surface area contributed by atoms with Crippen LogP contribution < -0.4 is 16.0 Å². The molecule has 2 aromatic carbocycles. The first-order chi connectivity index (χ1) is 11.7. The normalized spacial score (nSPS) is 16.5. The summed E-state index contributed by atoms with van der Waals surface area (Å²) in [7, 11) is 0. The van der Waals surface area contributed by atoms with Crippen LogP contribution in [0.5, 0.6) is 5.75 Å². The highest BCUT2D eigenvalue weighted by Gasteiger charge is 2.25. The number of aromatic amines is 1. The molecule has 5 heteroatoms. The lowest BCUT2D eigenvalue weighted by molar-refractivity contribution is 0.103. The Bertz CT molecular complexity index is 1010. The third-order valence-electron chi connectivity index (χ3n) is 4.42. The van der Waals surface area contributed by atoms with Gasteiger partial charge in [0.2, 0.25) is 0 Å². The molecule has 0 amide bonds. The first-order valence-corrected chi connectivity index (χ1v) is 7.83. The van der Waals surface area contributed by atoms with Gasteiger partial charge < -0.3 is 15.5 Å². The number of aromatic nitrogens is 1. The van der Waals surface area contributed by atoms with Gasteiger partial charge in [0.15, 0.2) is 5.78 Å². The number of rotatable bonds is 2. The van der Waals surface area contributed by atoms with E-state index in [0.29, 0.717) is 34.3 Å². The summed E-state index contributed by atoms with van der Waals surface area (Å²) in [5, 5.41) is 1.12. The number of ether oxygens (including phenoxy) is 1. The number of para-hydroxylation sites is 1. The highest BCUT2D eigenvalue weighted by atomic mass is 16.5. The molecule has 0 saturated heterocycles. The molecule has 0 radical (unpaired) electrons. The zero-order valence-electron chi connectivity index (χ0n) is 12.9. The molecule has 24 heavy (non-hydrogen) atoms. The van der Waals surface area contributed by atoms with Crippen LogP contribution >= 0.6 is 0 Å². The first kappa shape index (κ1) is 14.7. The summed E-state index contributed by atoms with van der Waals surface area (Å²) in [6.07, 6.45) is 2.28. The van der Waals surface area contributed by atoms with Crippen molar-refractivity contribution in [2.24, 2.45) is 5.73 Å². The number of ketones is 1. The third-order valence-corrected chi connectivity index (χ3v) is 4.42. The zero-order valence-corrected chi connectivity index (χ0v) is 12.9. The summed E-state index contributed by atoms with van der Waals surface area (Å²) in [5.74, 6) is 0.389. The van der Waals surface area contributed by atoms with Crippen molar-refractivity contribution in [3.8, 4) is 5.75 Å². The van der Waals surface area contributed by atoms with Gasteiger partial charge in [-0.2, -0.15) is 0 Å². The monoisotopic (exact) mass is 320 g/mol. The van der Waals surface area contributed by atoms with Gasteiger partial charge in [0.25, 0.3) is 5.56 Å². The average molecular weight is 320 g/mol. The second-order valence-electron chi connectivity index (χ2n) is 5.87. The van der Waals surface area contributed by atoms with Gasteiger partial charge in [0.05, 0.1) is 12.2 Å². The summed E-state index contributed by atoms with van der Waals surface area (Å²) < 4.78 is 5.73. The topological polar surface area (TPSA) is 85.2 Å². The van der Waals surface area contributed by atoms with E-state index in [2.05, 4.69) is 4.98 Å². The number of carbonyl (C=O) groups excluding carboxylic acids is 1. The first-order valence-electron chi connectivity index (χ1n) is 7.83. The summed E-state index contributed by atoms with van der Waals surface area (Å²) in [6.45, 7) is 0.494. The molecule has 0 saturated carbocycles. The molecule has 1 unspecified atom stereocenters. The quantitative estimate of drug-likeness (QED) is 0.711. The van der Waals surface area contributed by atoms with Gasteiger partial charge in [-0.15, -0.1) is 0 Å². The Kier molecular flexibility index (Phi) is 3.43. The van der Waals surface area contributed by atoms with Gasteiger partial charge in [0.1, 0.15) is 5.75 Å². The van der Waals surface area contributed by atoms with Crippen LogP contribution in [0.3, 0.4) is 0 Å². The second-order valence-corrected chi connectivity index (χ2v) is 5.87. The van der Waals surface area contributed by atoms with E-state index in [0.717, 1.165) is 12.0 Å². The molecule has 3 aromatic rings. The van der Waals surface area contributed by atoms with Crippen LogP contribution in [0.25, 0.3) is 10.8 Å². The molecule has 120 valence electrons. The van der Waals surface area contributed by atoms with Gasteiger partial charge in [-0.25, -0.2) is 0 Å². The van der Waals surface area contributed by atoms with Crippen molar-refractivity contribution in [3.05, 3.63) is 75.7 Å². The lowest BCUT2D eigenvalue weighted by atomic mass is 9.93. The van der Waals surface area contributed by atoms with E-state index in [1.807, 2.05) is 12.1 Å². The van der Waals surface area contributed by atoms with E-state index < -0.39 is 0 Å². The maximum Gasteiger partial charge on any atom is 0.255 e. The van der Waals surface area contributed by atoms with Crippen LogP contribution in [0, 0.1) is 0 Å². The molecular formula is C19H16N2O3. The number of nitrogens with one attached hydrogen (secondary N) is 1. The van der Waals surface area contributed by atoms with Crippen LogP contribution in [0.15, 0.2) is 53.5 Å². The number of fused-ring (bicyclic) bond motifs is 2. The smallest absolute Gasteiger partial charge is 0.255 e. The highest BCUT2D eigenvalue weighted by molar-refractivity contribution is 6.17. The fourth-order valence-electron chi connectivity index (χ4n) is 3.19. The van der Waals surface area contributed by atoms with Crippen molar-refractivity contribution in [1.29, 1.82) is 0 Å². The number of nitrogens with two attached hydrogens (primary N) is 1. The minimum absolute atomic E-state index is 0.128. The van der Waals surface area contributed by atoms with Gasteiger partial charge in [-0.3, -0.25) is 9.59 Å². The van der Waals surface area contributed by atoms with Gasteiger partial charge >= 0.3 is 0 Å². The molecule has 1 aromatic heterocycles. The Morgan fingerprint density at radius 2 is 1.88 bits per heavy atom. The zero-order chi connectivity index (χ0) is 16.7. The fraction of sp³-hybridized carbons (Fsp3) is 0.158. The molecule has 0 fully saturated rings. The van der Waals surface area contributed by atoms with E-state index in [1.54, 1.807) is 36.5 Å². The maximum absolute atomic E-state index is 13.1. The maximum atomic E-state index is 13.1. The van der Waals surface area contributed by atoms with E-state index in [1.165, 1.54) is 0 Å². The molecule has 1 aliphatic rings. The van der Waals surface area contributed by atoms with Crippen molar-refractivity contribution in [1.82, 2.24) is 4.98 Å². The Labute approximate surface area is 138 Å². The van der Waals surface area contributed by atoms with Crippen LogP contribution in [-0.2, 0) is 0 Å². The summed E-state index contributed by atoms with van der Waals surface area (Å²) in [4.78, 5) is 27.7. The molecule has 2 heterocycles. The van der Waals surface area contributed by atoms with Crippen molar-refractivity contribution in [3.63, 3.8) is 0 Å². The highest BCUT2D eigenvalue weighted by Crippen LogP contribution is 2.35. The molecule has 1 atom stereocenters. The van der Waals surface area contributed by atoms with Crippen LogP contribution in [0.2, 0.25) is 0 Å². The van der Waals surface area contributed by atoms with Crippen LogP contribution in [0.1, 0.15) is 33.9 Å². The molecule has 3 N–H and O–H groups in total. The lowest BCUT2D eigenvalue weighted by Gasteiger charge is -2.24. The van der Waals surface area contributed by atoms with Gasteiger partial charge in [0, 0.05) is 35.2 Å². The van der Waals surface area contributed by atoms with Gasteiger partial charge in [-0.1, -0.05) is 24.3 Å². The van der Waals surface area contributed by atoms with E-state index in [4.69, 9.17) is 10.5 Å².